The Labute approximate surface area is 182 Å². The van der Waals surface area contributed by atoms with Gasteiger partial charge in [-0.2, -0.15) is 5.10 Å². The average Bonchev–Trinajstić information content (AvgIpc) is 3.46. The number of halogens is 1. The molecule has 1 heterocycles. The van der Waals surface area contributed by atoms with Crippen LogP contribution in [0.15, 0.2) is 60.8 Å². The predicted octanol–water partition coefficient (Wildman–Crippen LogP) is 3.99. The predicted molar refractivity (Wildman–Crippen MR) is 119 cm³/mol. The van der Waals surface area contributed by atoms with Gasteiger partial charge in [-0.1, -0.05) is 56.2 Å². The third kappa shape index (κ3) is 5.20. The van der Waals surface area contributed by atoms with Crippen molar-refractivity contribution in [3.8, 4) is 0 Å². The van der Waals surface area contributed by atoms with Crippen LogP contribution in [0.1, 0.15) is 61.4 Å². The van der Waals surface area contributed by atoms with E-state index in [0.717, 1.165) is 36.2 Å². The van der Waals surface area contributed by atoms with E-state index in [0.29, 0.717) is 6.04 Å². The number of amides is 1. The molecule has 0 unspecified atom stereocenters. The van der Waals surface area contributed by atoms with Crippen molar-refractivity contribution >= 4 is 11.7 Å². The van der Waals surface area contributed by atoms with E-state index in [-0.39, 0.29) is 24.3 Å². The van der Waals surface area contributed by atoms with Crippen LogP contribution in [0.4, 0.5) is 10.2 Å². The zero-order valence-corrected chi connectivity index (χ0v) is 17.9. The van der Waals surface area contributed by atoms with Crippen molar-refractivity contribution in [1.82, 2.24) is 9.78 Å². The van der Waals surface area contributed by atoms with Crippen molar-refractivity contribution in [1.29, 1.82) is 0 Å². The summed E-state index contributed by atoms with van der Waals surface area (Å²) in [6.45, 7) is 2.35. The van der Waals surface area contributed by atoms with Crippen molar-refractivity contribution in [2.75, 3.05) is 11.9 Å². The van der Waals surface area contributed by atoms with E-state index in [1.54, 1.807) is 18.3 Å². The molecular weight excluding hydrogens is 391 g/mol. The summed E-state index contributed by atoms with van der Waals surface area (Å²) in [6.07, 6.45) is 7.32. The molecule has 2 aromatic carbocycles. The molecule has 1 aromatic heterocycles. The van der Waals surface area contributed by atoms with Gasteiger partial charge in [-0.25, -0.2) is 9.07 Å². The minimum atomic E-state index is -0.272. The van der Waals surface area contributed by atoms with Crippen LogP contribution in [0.3, 0.4) is 0 Å². The summed E-state index contributed by atoms with van der Waals surface area (Å²) >= 11 is 0. The lowest BCUT2D eigenvalue weighted by atomic mass is 9.97. The van der Waals surface area contributed by atoms with Crippen LogP contribution in [0, 0.1) is 5.82 Å². The number of carbonyl (C=O) groups is 1. The molecule has 162 valence electrons. The summed E-state index contributed by atoms with van der Waals surface area (Å²) in [5.74, 6) is 0.386. The highest BCUT2D eigenvalue weighted by molar-refractivity contribution is 5.90. The highest BCUT2D eigenvalue weighted by atomic mass is 19.1. The number of nitrogens with two attached hydrogens (primary N) is 1. The zero-order chi connectivity index (χ0) is 21.6. The first-order valence-corrected chi connectivity index (χ1v) is 11.1. The topological polar surface area (TPSA) is 63.5 Å². The van der Waals surface area contributed by atoms with Gasteiger partial charge in [-0.3, -0.25) is 4.79 Å². The molecule has 6 heteroatoms. The third-order valence-corrected chi connectivity index (χ3v) is 6.10. The molecule has 5 nitrogen and oxygen atoms in total. The third-order valence-electron chi connectivity index (χ3n) is 6.10. The monoisotopic (exact) mass is 421 g/mol. The van der Waals surface area contributed by atoms with Crippen LogP contribution >= 0.6 is 0 Å². The van der Waals surface area contributed by atoms with Crippen molar-refractivity contribution < 1.29 is 14.5 Å². The normalized spacial score (nSPS) is 15.2. The van der Waals surface area contributed by atoms with Gasteiger partial charge in [0, 0.05) is 17.2 Å². The first-order chi connectivity index (χ1) is 15.1. The lowest BCUT2D eigenvalue weighted by molar-refractivity contribution is -0.676. The molecule has 31 heavy (non-hydrogen) atoms. The van der Waals surface area contributed by atoms with Crippen LogP contribution in [-0.4, -0.2) is 22.2 Å². The van der Waals surface area contributed by atoms with Gasteiger partial charge in [0.1, 0.15) is 17.7 Å². The molecule has 3 N–H and O–H groups in total. The van der Waals surface area contributed by atoms with E-state index in [2.05, 4.69) is 41.6 Å². The second kappa shape index (κ2) is 9.88. The van der Waals surface area contributed by atoms with Gasteiger partial charge in [0.15, 0.2) is 6.54 Å². The summed E-state index contributed by atoms with van der Waals surface area (Å²) < 4.78 is 15.8. The highest BCUT2D eigenvalue weighted by Crippen LogP contribution is 2.31. The fourth-order valence-corrected chi connectivity index (χ4v) is 4.40. The van der Waals surface area contributed by atoms with Crippen molar-refractivity contribution in [3.05, 3.63) is 83.3 Å². The number of hydrogen-bond acceptors (Lipinski definition) is 2. The molecule has 0 spiro atoms. The lowest BCUT2D eigenvalue weighted by Crippen LogP contribution is -2.87. The number of aromatic nitrogens is 2. The van der Waals surface area contributed by atoms with Crippen LogP contribution in [0.2, 0.25) is 0 Å². The number of nitrogens with one attached hydrogen (secondary N) is 1. The van der Waals surface area contributed by atoms with Gasteiger partial charge in [0.2, 0.25) is 0 Å². The van der Waals surface area contributed by atoms with E-state index in [1.165, 1.54) is 24.5 Å². The maximum absolute atomic E-state index is 13.9. The minimum absolute atomic E-state index is 0.0914. The van der Waals surface area contributed by atoms with Crippen LogP contribution < -0.4 is 10.6 Å². The van der Waals surface area contributed by atoms with Gasteiger partial charge < -0.3 is 10.6 Å². The molecule has 0 radical (unpaired) electrons. The Hall–Kier alpha value is -2.99. The first kappa shape index (κ1) is 21.2. The number of hydrogen-bond donors (Lipinski definition) is 2. The Kier molecular flexibility index (Phi) is 6.77. The van der Waals surface area contributed by atoms with Gasteiger partial charge >= 0.3 is 0 Å². The minimum Gasteiger partial charge on any atom is -0.328 e. The fraction of sp³-hybridized carbons (Fsp3) is 0.360. The van der Waals surface area contributed by atoms with E-state index in [1.807, 2.05) is 22.1 Å². The quantitative estimate of drug-likeness (QED) is 0.578. The van der Waals surface area contributed by atoms with E-state index < -0.39 is 0 Å². The molecule has 1 fully saturated rings. The Morgan fingerprint density at radius 3 is 2.65 bits per heavy atom. The van der Waals surface area contributed by atoms with Gasteiger partial charge in [-0.05, 0) is 37.0 Å². The number of anilines is 1. The molecule has 0 aliphatic heterocycles. The number of carbonyl (C=O) groups excluding carboxylic acids is 1. The van der Waals surface area contributed by atoms with Crippen molar-refractivity contribution in [2.45, 2.75) is 51.1 Å². The summed E-state index contributed by atoms with van der Waals surface area (Å²) in [4.78, 5) is 12.8. The molecule has 1 atom stereocenters. The average molecular weight is 422 g/mol. The smallest absolute Gasteiger partial charge is 0.280 e. The second-order valence-electron chi connectivity index (χ2n) is 8.22. The largest absolute Gasteiger partial charge is 0.328 e. The summed E-state index contributed by atoms with van der Waals surface area (Å²) in [5, 5.41) is 9.39. The van der Waals surface area contributed by atoms with Gasteiger partial charge in [-0.15, -0.1) is 0 Å². The second-order valence-corrected chi connectivity index (χ2v) is 8.22. The molecule has 4 rings (SSSR count). The SMILES string of the molecule is CCc1ccc([C@H]([NH2+]CC(=O)Nc2ccnn2C2CCCC2)c2cccc(F)c2)cc1. The van der Waals surface area contributed by atoms with Crippen LogP contribution in [0.5, 0.6) is 0 Å². The van der Waals surface area contributed by atoms with Crippen LogP contribution in [0.25, 0.3) is 0 Å². The Bertz CT molecular complexity index is 1010. The van der Waals surface area contributed by atoms with Crippen LogP contribution in [-0.2, 0) is 11.2 Å². The van der Waals surface area contributed by atoms with Crippen molar-refractivity contribution in [2.24, 2.45) is 0 Å². The number of benzene rings is 2. The summed E-state index contributed by atoms with van der Waals surface area (Å²) in [7, 11) is 0. The van der Waals surface area contributed by atoms with Gasteiger partial charge in [0.05, 0.1) is 12.2 Å². The van der Waals surface area contributed by atoms with E-state index >= 15 is 0 Å². The Morgan fingerprint density at radius 1 is 1.16 bits per heavy atom. The summed E-state index contributed by atoms with van der Waals surface area (Å²) in [5.41, 5.74) is 3.14. The zero-order valence-electron chi connectivity index (χ0n) is 17.9. The maximum atomic E-state index is 13.9. The van der Waals surface area contributed by atoms with Crippen molar-refractivity contribution in [3.63, 3.8) is 0 Å². The molecule has 1 saturated carbocycles. The Balaban J connectivity index is 1.47. The molecule has 1 aliphatic rings. The molecule has 0 bridgehead atoms. The molecule has 1 aliphatic carbocycles. The number of nitrogens with zero attached hydrogens (tertiary/aromatic N) is 2. The standard InChI is InChI=1S/C25H29FN4O/c1-2-18-10-12-19(13-11-18)25(20-6-5-7-21(26)16-20)27-17-24(31)29-23-14-15-28-30(23)22-8-3-4-9-22/h5-7,10-16,22,25,27H,2-4,8-9,17H2,1H3,(H,29,31)/p+1/t25-/m0/s1. The lowest BCUT2D eigenvalue weighted by Gasteiger charge is -2.18. The highest BCUT2D eigenvalue weighted by Gasteiger charge is 2.22. The maximum Gasteiger partial charge on any atom is 0.280 e. The van der Waals surface area contributed by atoms with E-state index in [9.17, 15) is 9.18 Å². The Morgan fingerprint density at radius 2 is 1.94 bits per heavy atom. The van der Waals surface area contributed by atoms with Gasteiger partial charge in [0.25, 0.3) is 5.91 Å². The first-order valence-electron chi connectivity index (χ1n) is 11.1. The van der Waals surface area contributed by atoms with E-state index in [4.69, 9.17) is 0 Å². The molecule has 1 amide bonds. The fourth-order valence-electron chi connectivity index (χ4n) is 4.40. The number of rotatable bonds is 8. The molecular formula is C25H30FN4O+. The number of quaternary nitrogens is 1. The molecule has 3 aromatic rings. The summed E-state index contributed by atoms with van der Waals surface area (Å²) in [6, 6.07) is 17.0. The molecule has 0 saturated heterocycles. The number of aryl methyl sites for hydroxylation is 1.